The van der Waals surface area contributed by atoms with Crippen LogP contribution in [0.1, 0.15) is 24.8 Å². The topological polar surface area (TPSA) is 70.6 Å². The highest BCUT2D eigenvalue weighted by Crippen LogP contribution is 2.14. The van der Waals surface area contributed by atoms with Crippen LogP contribution in [0, 0.1) is 5.82 Å². The van der Waals surface area contributed by atoms with Crippen LogP contribution >= 0.6 is 15.9 Å². The van der Waals surface area contributed by atoms with Gasteiger partial charge in [-0.25, -0.2) is 9.82 Å². The van der Waals surface area contributed by atoms with Gasteiger partial charge in [0.15, 0.2) is 0 Å². The Kier molecular flexibility index (Phi) is 7.28. The lowest BCUT2D eigenvalue weighted by molar-refractivity contribution is -0.121. The van der Waals surface area contributed by atoms with Gasteiger partial charge in [0.05, 0.1) is 6.21 Å². The number of anilines is 1. The van der Waals surface area contributed by atoms with E-state index in [1.807, 2.05) is 12.1 Å². The minimum absolute atomic E-state index is 0.148. The second-order valence-corrected chi connectivity index (χ2v) is 6.17. The molecule has 2 aromatic carbocycles. The van der Waals surface area contributed by atoms with E-state index in [1.165, 1.54) is 18.3 Å². The Balaban J connectivity index is 1.65. The van der Waals surface area contributed by atoms with E-state index >= 15 is 0 Å². The number of amides is 2. The predicted molar refractivity (Wildman–Crippen MR) is 98.8 cm³/mol. The number of halogens is 2. The molecule has 25 heavy (non-hydrogen) atoms. The molecular weight excluding hydrogens is 389 g/mol. The van der Waals surface area contributed by atoms with E-state index in [2.05, 4.69) is 31.8 Å². The normalized spacial score (nSPS) is 10.6. The van der Waals surface area contributed by atoms with E-state index in [0.29, 0.717) is 17.7 Å². The molecule has 0 radical (unpaired) electrons. The van der Waals surface area contributed by atoms with Crippen molar-refractivity contribution in [2.24, 2.45) is 5.10 Å². The van der Waals surface area contributed by atoms with Gasteiger partial charge < -0.3 is 5.32 Å². The van der Waals surface area contributed by atoms with E-state index in [1.54, 1.807) is 24.3 Å². The molecule has 2 N–H and O–H groups in total. The molecule has 5 nitrogen and oxygen atoms in total. The van der Waals surface area contributed by atoms with Crippen LogP contribution in [0.15, 0.2) is 58.1 Å². The van der Waals surface area contributed by atoms with Gasteiger partial charge in [-0.15, -0.1) is 0 Å². The van der Waals surface area contributed by atoms with Gasteiger partial charge in [-0.2, -0.15) is 5.10 Å². The number of carbonyl (C=O) groups is 2. The monoisotopic (exact) mass is 405 g/mol. The number of hydrogen-bond donors (Lipinski definition) is 2. The summed E-state index contributed by atoms with van der Waals surface area (Å²) in [6, 6.07) is 13.0. The van der Waals surface area contributed by atoms with Gasteiger partial charge in [-0.05, 0) is 48.4 Å². The highest BCUT2D eigenvalue weighted by atomic mass is 79.9. The van der Waals surface area contributed by atoms with Gasteiger partial charge in [0.2, 0.25) is 11.8 Å². The molecule has 0 fully saturated rings. The van der Waals surface area contributed by atoms with E-state index in [4.69, 9.17) is 0 Å². The van der Waals surface area contributed by atoms with Crippen molar-refractivity contribution < 1.29 is 14.0 Å². The molecule has 0 saturated heterocycles. The highest BCUT2D eigenvalue weighted by Gasteiger charge is 2.05. The Morgan fingerprint density at radius 1 is 1.00 bits per heavy atom. The molecule has 7 heteroatoms. The lowest BCUT2D eigenvalue weighted by Crippen LogP contribution is -2.18. The number of nitrogens with zero attached hydrogens (tertiary/aromatic N) is 1. The van der Waals surface area contributed by atoms with Crippen molar-refractivity contribution >= 4 is 39.6 Å². The minimum atomic E-state index is -0.331. The van der Waals surface area contributed by atoms with Crippen molar-refractivity contribution in [3.8, 4) is 0 Å². The van der Waals surface area contributed by atoms with Crippen molar-refractivity contribution in [2.45, 2.75) is 19.3 Å². The van der Waals surface area contributed by atoms with E-state index in [-0.39, 0.29) is 30.5 Å². The highest BCUT2D eigenvalue weighted by molar-refractivity contribution is 9.10. The third-order valence-corrected chi connectivity index (χ3v) is 3.74. The van der Waals surface area contributed by atoms with Crippen LogP contribution in [0.25, 0.3) is 0 Å². The zero-order valence-corrected chi connectivity index (χ0v) is 14.9. The number of benzene rings is 2. The molecule has 0 aliphatic rings. The van der Waals surface area contributed by atoms with Gasteiger partial charge in [0.1, 0.15) is 5.82 Å². The summed E-state index contributed by atoms with van der Waals surface area (Å²) in [5.41, 5.74) is 3.76. The molecule has 0 atom stereocenters. The average Bonchev–Trinajstić information content (AvgIpc) is 2.59. The first-order chi connectivity index (χ1) is 12.0. The molecule has 0 bridgehead atoms. The first-order valence-corrected chi connectivity index (χ1v) is 8.45. The number of hydrazone groups is 1. The largest absolute Gasteiger partial charge is 0.326 e. The molecule has 2 aromatic rings. The fourth-order valence-corrected chi connectivity index (χ4v) is 2.21. The standard InChI is InChI=1S/C18H17BrFN3O2/c19-14-6-10-16(11-7-14)22-17(24)2-1-3-18(25)23-21-12-13-4-8-15(20)9-5-13/h4-12H,1-3H2,(H,22,24)(H,23,25)/b21-12-. The smallest absolute Gasteiger partial charge is 0.240 e. The summed E-state index contributed by atoms with van der Waals surface area (Å²) in [4.78, 5) is 23.4. The van der Waals surface area contributed by atoms with E-state index in [0.717, 1.165) is 4.47 Å². The van der Waals surface area contributed by atoms with Crippen molar-refractivity contribution in [2.75, 3.05) is 5.32 Å². The van der Waals surface area contributed by atoms with Crippen molar-refractivity contribution in [3.63, 3.8) is 0 Å². The van der Waals surface area contributed by atoms with Gasteiger partial charge in [-0.1, -0.05) is 28.1 Å². The van der Waals surface area contributed by atoms with Crippen LogP contribution in [0.2, 0.25) is 0 Å². The Bertz CT molecular complexity index is 746. The molecule has 0 aliphatic carbocycles. The lowest BCUT2D eigenvalue weighted by atomic mass is 10.2. The Hall–Kier alpha value is -2.54. The summed E-state index contributed by atoms with van der Waals surface area (Å²) < 4.78 is 13.7. The van der Waals surface area contributed by atoms with Crippen molar-refractivity contribution in [3.05, 3.63) is 64.4 Å². The molecule has 0 unspecified atom stereocenters. The maximum absolute atomic E-state index is 12.7. The third-order valence-electron chi connectivity index (χ3n) is 3.21. The van der Waals surface area contributed by atoms with Crippen LogP contribution in [0.3, 0.4) is 0 Å². The molecule has 0 heterocycles. The molecular formula is C18H17BrFN3O2. The molecule has 0 aromatic heterocycles. The minimum Gasteiger partial charge on any atom is -0.326 e. The fourth-order valence-electron chi connectivity index (χ4n) is 1.95. The summed E-state index contributed by atoms with van der Waals surface area (Å²) in [5, 5.41) is 6.55. The van der Waals surface area contributed by atoms with Crippen LogP contribution in [-0.4, -0.2) is 18.0 Å². The predicted octanol–water partition coefficient (Wildman–Crippen LogP) is 3.85. The van der Waals surface area contributed by atoms with E-state index < -0.39 is 0 Å². The summed E-state index contributed by atoms with van der Waals surface area (Å²) in [6.07, 6.45) is 2.28. The zero-order chi connectivity index (χ0) is 18.1. The van der Waals surface area contributed by atoms with Gasteiger partial charge in [0.25, 0.3) is 0 Å². The molecule has 0 spiro atoms. The summed E-state index contributed by atoms with van der Waals surface area (Å²) in [7, 11) is 0. The molecule has 2 rings (SSSR count). The van der Waals surface area contributed by atoms with Crippen molar-refractivity contribution in [1.82, 2.24) is 5.43 Å². The SMILES string of the molecule is O=C(CCCC(=O)Nc1ccc(Br)cc1)N/N=C\c1ccc(F)cc1. The van der Waals surface area contributed by atoms with Gasteiger partial charge in [-0.3, -0.25) is 9.59 Å². The van der Waals surface area contributed by atoms with Crippen LogP contribution in [0.5, 0.6) is 0 Å². The molecule has 130 valence electrons. The molecule has 0 aliphatic heterocycles. The third kappa shape index (κ3) is 7.26. The zero-order valence-electron chi connectivity index (χ0n) is 13.3. The maximum atomic E-state index is 12.7. The summed E-state index contributed by atoms with van der Waals surface area (Å²) >= 11 is 3.32. The summed E-state index contributed by atoms with van der Waals surface area (Å²) in [6.45, 7) is 0. The molecule has 2 amide bonds. The van der Waals surface area contributed by atoms with Crippen molar-refractivity contribution in [1.29, 1.82) is 0 Å². The Morgan fingerprint density at radius 3 is 2.32 bits per heavy atom. The lowest BCUT2D eigenvalue weighted by Gasteiger charge is -2.05. The molecule has 0 saturated carbocycles. The maximum Gasteiger partial charge on any atom is 0.240 e. The van der Waals surface area contributed by atoms with Crippen LogP contribution < -0.4 is 10.7 Å². The van der Waals surface area contributed by atoms with Gasteiger partial charge >= 0.3 is 0 Å². The van der Waals surface area contributed by atoms with Gasteiger partial charge in [0, 0.05) is 23.0 Å². The fraction of sp³-hybridized carbons (Fsp3) is 0.167. The number of carbonyl (C=O) groups excluding carboxylic acids is 2. The second kappa shape index (κ2) is 9.68. The van der Waals surface area contributed by atoms with Crippen LogP contribution in [0.4, 0.5) is 10.1 Å². The summed E-state index contributed by atoms with van der Waals surface area (Å²) in [5.74, 6) is -0.762. The number of nitrogens with one attached hydrogen (secondary N) is 2. The van der Waals surface area contributed by atoms with E-state index in [9.17, 15) is 14.0 Å². The number of hydrogen-bond acceptors (Lipinski definition) is 3. The first-order valence-electron chi connectivity index (χ1n) is 7.66. The Labute approximate surface area is 153 Å². The number of rotatable bonds is 7. The van der Waals surface area contributed by atoms with Crippen LogP contribution in [-0.2, 0) is 9.59 Å². The quantitative estimate of drug-likeness (QED) is 0.542. The average molecular weight is 406 g/mol. The first kappa shape index (κ1) is 18.8. The second-order valence-electron chi connectivity index (χ2n) is 5.25. The Morgan fingerprint density at radius 2 is 1.64 bits per heavy atom.